The third-order valence-corrected chi connectivity index (χ3v) is 6.76. The molecule has 6 heteroatoms. The number of esters is 2. The van der Waals surface area contributed by atoms with Gasteiger partial charge in [-0.25, -0.2) is 4.79 Å². The quantitative estimate of drug-likeness (QED) is 0.473. The number of phenolic OH excluding ortho intramolecular Hbond substituents is 1. The maximum Gasteiger partial charge on any atom is 0.341 e. The average Bonchev–Trinajstić information content (AvgIpc) is 2.85. The van der Waals surface area contributed by atoms with Crippen molar-refractivity contribution in [1.82, 2.24) is 0 Å². The number of fused-ring (bicyclic) bond motifs is 1. The highest BCUT2D eigenvalue weighted by atomic mass is 16.5. The Bertz CT molecular complexity index is 1200. The van der Waals surface area contributed by atoms with Crippen LogP contribution in [0.1, 0.15) is 54.1 Å². The molecule has 0 heterocycles. The molecule has 0 aliphatic heterocycles. The second-order valence-corrected chi connectivity index (χ2v) is 9.22. The first kappa shape index (κ1) is 23.6. The molecule has 0 atom stereocenters. The summed E-state index contributed by atoms with van der Waals surface area (Å²) in [4.78, 5) is 24.9. The Morgan fingerprint density at radius 2 is 1.76 bits per heavy atom. The Balaban J connectivity index is 1.37. The molecule has 0 aromatic heterocycles. The fraction of sp³-hybridized carbons (Fsp3) is 0.357. The summed E-state index contributed by atoms with van der Waals surface area (Å²) in [5, 5.41) is 12.3. The highest BCUT2D eigenvalue weighted by Gasteiger charge is 2.39. The second-order valence-electron chi connectivity index (χ2n) is 9.22. The van der Waals surface area contributed by atoms with Crippen LogP contribution in [0.25, 0.3) is 10.8 Å². The van der Waals surface area contributed by atoms with Crippen molar-refractivity contribution in [1.29, 1.82) is 0 Å². The van der Waals surface area contributed by atoms with Gasteiger partial charge < -0.3 is 19.3 Å². The first-order chi connectivity index (χ1) is 16.3. The molecule has 0 amide bonds. The molecule has 1 fully saturated rings. The highest BCUT2D eigenvalue weighted by molar-refractivity contribution is 5.93. The molecule has 0 bridgehead atoms. The van der Waals surface area contributed by atoms with E-state index >= 15 is 0 Å². The van der Waals surface area contributed by atoms with Crippen molar-refractivity contribution in [3.63, 3.8) is 0 Å². The Hall–Kier alpha value is -3.54. The van der Waals surface area contributed by atoms with Gasteiger partial charge in [-0.05, 0) is 73.6 Å². The van der Waals surface area contributed by atoms with Gasteiger partial charge in [0.2, 0.25) is 0 Å². The minimum Gasteiger partial charge on any atom is -0.507 e. The van der Waals surface area contributed by atoms with Crippen LogP contribution in [0.5, 0.6) is 11.5 Å². The number of hydrogen-bond acceptors (Lipinski definition) is 6. The molecule has 34 heavy (non-hydrogen) atoms. The van der Waals surface area contributed by atoms with Crippen molar-refractivity contribution in [3.05, 3.63) is 71.3 Å². The van der Waals surface area contributed by atoms with E-state index in [-0.39, 0.29) is 30.0 Å². The Kier molecular flexibility index (Phi) is 6.77. The fourth-order valence-corrected chi connectivity index (χ4v) is 4.54. The van der Waals surface area contributed by atoms with Gasteiger partial charge in [0.25, 0.3) is 0 Å². The van der Waals surface area contributed by atoms with Crippen molar-refractivity contribution < 1.29 is 28.9 Å². The minimum absolute atomic E-state index is 0.0701. The van der Waals surface area contributed by atoms with Gasteiger partial charge in [0.1, 0.15) is 23.7 Å². The van der Waals surface area contributed by atoms with Crippen LogP contribution in [0.3, 0.4) is 0 Å². The number of carbonyl (C=O) groups excluding carboxylic acids is 2. The average molecular weight is 463 g/mol. The number of ether oxygens (including phenoxy) is 3. The van der Waals surface area contributed by atoms with E-state index in [0.717, 1.165) is 21.9 Å². The van der Waals surface area contributed by atoms with E-state index in [1.807, 2.05) is 56.3 Å². The lowest BCUT2D eigenvalue weighted by molar-refractivity contribution is -0.159. The zero-order valence-corrected chi connectivity index (χ0v) is 19.8. The van der Waals surface area contributed by atoms with Crippen LogP contribution in [-0.4, -0.2) is 30.3 Å². The van der Waals surface area contributed by atoms with Gasteiger partial charge in [-0.3, -0.25) is 4.79 Å². The van der Waals surface area contributed by atoms with E-state index in [1.165, 1.54) is 19.2 Å². The fourth-order valence-electron chi connectivity index (χ4n) is 4.54. The number of phenols is 1. The number of aromatic hydroxyl groups is 1. The summed E-state index contributed by atoms with van der Waals surface area (Å²) in [6, 6.07) is 17.1. The SMILES string of the molecule is COC(=O)c1cc(OC2CCC(C)(C(=O)OCc3cccc4ccccc34)CC2)c(C)cc1O. The van der Waals surface area contributed by atoms with E-state index in [4.69, 9.17) is 14.2 Å². The lowest BCUT2D eigenvalue weighted by atomic mass is 9.74. The van der Waals surface area contributed by atoms with Crippen LogP contribution in [0, 0.1) is 12.3 Å². The second kappa shape index (κ2) is 9.75. The summed E-state index contributed by atoms with van der Waals surface area (Å²) in [6.45, 7) is 4.02. The van der Waals surface area contributed by atoms with Crippen molar-refractivity contribution in [2.45, 2.75) is 52.2 Å². The molecule has 178 valence electrons. The lowest BCUT2D eigenvalue weighted by Gasteiger charge is -2.35. The number of benzene rings is 3. The number of rotatable bonds is 6. The largest absolute Gasteiger partial charge is 0.507 e. The van der Waals surface area contributed by atoms with Gasteiger partial charge in [0.15, 0.2) is 0 Å². The number of hydrogen-bond donors (Lipinski definition) is 1. The highest BCUT2D eigenvalue weighted by Crippen LogP contribution is 2.39. The minimum atomic E-state index is -0.618. The summed E-state index contributed by atoms with van der Waals surface area (Å²) >= 11 is 0. The molecule has 0 radical (unpaired) electrons. The van der Waals surface area contributed by atoms with Gasteiger partial charge in [0.05, 0.1) is 18.6 Å². The van der Waals surface area contributed by atoms with Gasteiger partial charge in [-0.15, -0.1) is 0 Å². The normalized spacial score (nSPS) is 20.0. The van der Waals surface area contributed by atoms with E-state index in [1.54, 1.807) is 0 Å². The molecular formula is C28H30O6. The molecule has 4 rings (SSSR count). The maximum atomic E-state index is 13.0. The predicted molar refractivity (Wildman–Crippen MR) is 129 cm³/mol. The van der Waals surface area contributed by atoms with Crippen LogP contribution in [0.15, 0.2) is 54.6 Å². The molecule has 1 aliphatic carbocycles. The Labute approximate surface area is 199 Å². The third-order valence-electron chi connectivity index (χ3n) is 6.76. The van der Waals surface area contributed by atoms with Gasteiger partial charge in [-0.2, -0.15) is 0 Å². The van der Waals surface area contributed by atoms with Crippen LogP contribution < -0.4 is 4.74 Å². The van der Waals surface area contributed by atoms with E-state index in [9.17, 15) is 14.7 Å². The maximum absolute atomic E-state index is 13.0. The Morgan fingerprint density at radius 1 is 1.06 bits per heavy atom. The molecular weight excluding hydrogens is 432 g/mol. The Morgan fingerprint density at radius 3 is 2.50 bits per heavy atom. The van der Waals surface area contributed by atoms with Gasteiger partial charge in [-0.1, -0.05) is 42.5 Å². The molecule has 1 N–H and O–H groups in total. The van der Waals surface area contributed by atoms with Crippen molar-refractivity contribution in [3.8, 4) is 11.5 Å². The summed E-state index contributed by atoms with van der Waals surface area (Å²) in [5.41, 5.74) is 1.23. The van der Waals surface area contributed by atoms with Crippen molar-refractivity contribution >= 4 is 22.7 Å². The smallest absolute Gasteiger partial charge is 0.341 e. The zero-order valence-electron chi connectivity index (χ0n) is 19.8. The molecule has 3 aromatic carbocycles. The molecule has 0 saturated heterocycles. The number of methoxy groups -OCH3 is 1. The van der Waals surface area contributed by atoms with Gasteiger partial charge in [0, 0.05) is 0 Å². The van der Waals surface area contributed by atoms with Crippen LogP contribution in [0.4, 0.5) is 0 Å². The van der Waals surface area contributed by atoms with E-state index in [0.29, 0.717) is 31.4 Å². The molecule has 1 aliphatic rings. The summed E-state index contributed by atoms with van der Waals surface area (Å²) in [5.74, 6) is -0.410. The first-order valence-corrected chi connectivity index (χ1v) is 11.5. The monoisotopic (exact) mass is 462 g/mol. The number of aryl methyl sites for hydroxylation is 1. The summed E-state index contributed by atoms with van der Waals surface area (Å²) in [7, 11) is 1.27. The standard InChI is InChI=1S/C28H30O6/c1-18-15-24(29)23(26(30)32-3)16-25(18)34-21-11-13-28(2,14-12-21)27(31)33-17-20-9-6-8-19-7-4-5-10-22(19)20/h4-10,15-16,21,29H,11-14,17H2,1-3H3. The predicted octanol–water partition coefficient (Wildman–Crippen LogP) is 5.71. The van der Waals surface area contributed by atoms with Gasteiger partial charge >= 0.3 is 11.9 Å². The zero-order chi connectivity index (χ0) is 24.3. The summed E-state index contributed by atoms with van der Waals surface area (Å²) in [6.07, 6.45) is 2.58. The molecule has 6 nitrogen and oxygen atoms in total. The van der Waals surface area contributed by atoms with E-state index < -0.39 is 11.4 Å². The topological polar surface area (TPSA) is 82.1 Å². The number of carbonyl (C=O) groups is 2. The molecule has 3 aromatic rings. The third kappa shape index (κ3) is 4.86. The van der Waals surface area contributed by atoms with E-state index in [2.05, 4.69) is 0 Å². The van der Waals surface area contributed by atoms with Crippen molar-refractivity contribution in [2.75, 3.05) is 7.11 Å². The molecule has 0 unspecified atom stereocenters. The van der Waals surface area contributed by atoms with Crippen LogP contribution >= 0.6 is 0 Å². The first-order valence-electron chi connectivity index (χ1n) is 11.5. The molecule has 1 saturated carbocycles. The van der Waals surface area contributed by atoms with Crippen LogP contribution in [0.2, 0.25) is 0 Å². The summed E-state index contributed by atoms with van der Waals surface area (Å²) < 4.78 is 16.6. The molecule has 0 spiro atoms. The lowest BCUT2D eigenvalue weighted by Crippen LogP contribution is -2.37. The van der Waals surface area contributed by atoms with Crippen molar-refractivity contribution in [2.24, 2.45) is 5.41 Å². The van der Waals surface area contributed by atoms with Crippen LogP contribution in [-0.2, 0) is 20.9 Å².